The van der Waals surface area contributed by atoms with Gasteiger partial charge in [-0.15, -0.1) is 12.4 Å². The van der Waals surface area contributed by atoms with Gasteiger partial charge in [0, 0.05) is 18.4 Å². The first-order chi connectivity index (χ1) is 11.1. The normalized spacial score (nSPS) is 19.6. The maximum Gasteiger partial charge on any atom is 0.323 e. The molecular weight excluding hydrogens is 400 g/mol. The molecule has 1 fully saturated rings. The lowest BCUT2D eigenvalue weighted by atomic mass is 10.2. The molecule has 0 radical (unpaired) electrons. The molecule has 1 aromatic heterocycles. The zero-order valence-corrected chi connectivity index (χ0v) is 15.6. The molecule has 0 spiro atoms. The van der Waals surface area contributed by atoms with Gasteiger partial charge in [-0.05, 0) is 40.2 Å². The van der Waals surface area contributed by atoms with Gasteiger partial charge in [0.05, 0.1) is 19.7 Å². The summed E-state index contributed by atoms with van der Waals surface area (Å²) < 4.78 is 16.6. The minimum Gasteiger partial charge on any atom is -0.497 e. The monoisotopic (exact) mass is 416 g/mol. The number of halogens is 2. The van der Waals surface area contributed by atoms with Gasteiger partial charge in [-0.25, -0.2) is 4.98 Å². The molecule has 2 heterocycles. The van der Waals surface area contributed by atoms with E-state index in [1.54, 1.807) is 7.11 Å². The summed E-state index contributed by atoms with van der Waals surface area (Å²) in [6, 6.07) is 7.26. The number of hydrogen-bond acceptors (Lipinski definition) is 6. The lowest BCUT2D eigenvalue weighted by Crippen LogP contribution is -2.31. The fourth-order valence-electron chi connectivity index (χ4n) is 2.62. The summed E-state index contributed by atoms with van der Waals surface area (Å²) in [4.78, 5) is 16.0. The maximum atomic E-state index is 11.5. The highest BCUT2D eigenvalue weighted by atomic mass is 79.9. The Morgan fingerprint density at radius 1 is 1.33 bits per heavy atom. The topological polar surface area (TPSA) is 69.7 Å². The summed E-state index contributed by atoms with van der Waals surface area (Å²) in [6.45, 7) is 0.586. The molecule has 24 heavy (non-hydrogen) atoms. The SMILES string of the molecule is COC(=O)[C@@H]1C[C@@H](Oc2cc3cc(OC)ccc3nc2Br)CN1.Cl. The summed E-state index contributed by atoms with van der Waals surface area (Å²) in [5.74, 6) is 1.14. The summed E-state index contributed by atoms with van der Waals surface area (Å²) in [7, 11) is 3.01. The van der Waals surface area contributed by atoms with Crippen molar-refractivity contribution < 1.29 is 19.0 Å². The van der Waals surface area contributed by atoms with Crippen LogP contribution in [0.2, 0.25) is 0 Å². The predicted molar refractivity (Wildman–Crippen MR) is 96.1 cm³/mol. The van der Waals surface area contributed by atoms with Gasteiger partial charge in [-0.2, -0.15) is 0 Å². The standard InChI is InChI=1S/C16H17BrN2O4.ClH/c1-21-10-3-4-12-9(5-10)6-14(15(17)19-12)23-11-7-13(18-8-11)16(20)22-2;/h3-6,11,13,18H,7-8H2,1-2H3;1H/t11-,13+;/m1./s1. The number of aromatic nitrogens is 1. The first kappa shape index (κ1) is 18.8. The molecule has 1 aliphatic heterocycles. The minimum atomic E-state index is -0.322. The number of pyridine rings is 1. The third-order valence-corrected chi connectivity index (χ3v) is 4.38. The molecule has 2 atom stereocenters. The van der Waals surface area contributed by atoms with Crippen LogP contribution in [0.1, 0.15) is 6.42 Å². The second-order valence-electron chi connectivity index (χ2n) is 5.30. The summed E-state index contributed by atoms with van der Waals surface area (Å²) in [6.07, 6.45) is 0.454. The highest BCUT2D eigenvalue weighted by molar-refractivity contribution is 9.10. The van der Waals surface area contributed by atoms with E-state index in [1.165, 1.54) is 7.11 Å². The molecule has 1 N–H and O–H groups in total. The summed E-state index contributed by atoms with van der Waals surface area (Å²) >= 11 is 3.44. The number of ether oxygens (including phenoxy) is 3. The molecule has 6 nitrogen and oxygen atoms in total. The number of rotatable bonds is 4. The van der Waals surface area contributed by atoms with Crippen LogP contribution < -0.4 is 14.8 Å². The fraction of sp³-hybridized carbons (Fsp3) is 0.375. The molecule has 8 heteroatoms. The minimum absolute atomic E-state index is 0. The summed E-state index contributed by atoms with van der Waals surface area (Å²) in [5.41, 5.74) is 0.849. The number of carbonyl (C=O) groups excluding carboxylic acids is 1. The number of nitrogens with zero attached hydrogens (tertiary/aromatic N) is 1. The maximum absolute atomic E-state index is 11.5. The van der Waals surface area contributed by atoms with Crippen LogP contribution >= 0.6 is 28.3 Å². The number of benzene rings is 1. The van der Waals surface area contributed by atoms with Crippen molar-refractivity contribution in [2.75, 3.05) is 20.8 Å². The van der Waals surface area contributed by atoms with Gasteiger partial charge >= 0.3 is 5.97 Å². The molecule has 1 aliphatic rings. The van der Waals surface area contributed by atoms with Crippen molar-refractivity contribution in [3.8, 4) is 11.5 Å². The molecule has 130 valence electrons. The predicted octanol–water partition coefficient (Wildman–Crippen LogP) is 2.71. The average molecular weight is 418 g/mol. The number of fused-ring (bicyclic) bond motifs is 1. The molecule has 1 aromatic carbocycles. The molecular formula is C16H18BrClN2O4. The average Bonchev–Trinajstić information content (AvgIpc) is 3.03. The third-order valence-electron chi connectivity index (χ3n) is 3.81. The van der Waals surface area contributed by atoms with Crippen molar-refractivity contribution in [1.82, 2.24) is 10.3 Å². The molecule has 0 unspecified atom stereocenters. The Hall–Kier alpha value is -1.57. The van der Waals surface area contributed by atoms with Gasteiger partial charge in [0.2, 0.25) is 0 Å². The van der Waals surface area contributed by atoms with E-state index in [0.29, 0.717) is 23.3 Å². The van der Waals surface area contributed by atoms with Crippen molar-refractivity contribution in [1.29, 1.82) is 0 Å². The number of carbonyl (C=O) groups is 1. The van der Waals surface area contributed by atoms with Gasteiger partial charge in [-0.1, -0.05) is 0 Å². The van der Waals surface area contributed by atoms with Gasteiger partial charge < -0.3 is 19.5 Å². The van der Waals surface area contributed by atoms with Crippen molar-refractivity contribution in [3.63, 3.8) is 0 Å². The van der Waals surface area contributed by atoms with E-state index in [-0.39, 0.29) is 30.5 Å². The molecule has 0 amide bonds. The van der Waals surface area contributed by atoms with Crippen LogP contribution in [-0.4, -0.2) is 43.9 Å². The van der Waals surface area contributed by atoms with Crippen molar-refractivity contribution in [2.45, 2.75) is 18.6 Å². The lowest BCUT2D eigenvalue weighted by Gasteiger charge is -2.14. The van der Waals surface area contributed by atoms with Crippen molar-refractivity contribution >= 4 is 45.2 Å². The molecule has 2 aromatic rings. The quantitative estimate of drug-likeness (QED) is 0.609. The Labute approximate surface area is 154 Å². The van der Waals surface area contributed by atoms with Crippen molar-refractivity contribution in [2.24, 2.45) is 0 Å². The van der Waals surface area contributed by atoms with Crippen LogP contribution in [0.5, 0.6) is 11.5 Å². The van der Waals surface area contributed by atoms with E-state index >= 15 is 0 Å². The first-order valence-electron chi connectivity index (χ1n) is 7.23. The van der Waals surface area contributed by atoms with E-state index in [9.17, 15) is 4.79 Å². The Kier molecular flexibility index (Phi) is 6.26. The second kappa shape index (κ2) is 8.00. The van der Waals surface area contributed by atoms with Crippen molar-refractivity contribution in [3.05, 3.63) is 28.9 Å². The van der Waals surface area contributed by atoms with E-state index in [4.69, 9.17) is 14.2 Å². The van der Waals surface area contributed by atoms with E-state index in [1.807, 2.05) is 24.3 Å². The smallest absolute Gasteiger partial charge is 0.323 e. The van der Waals surface area contributed by atoms with E-state index < -0.39 is 0 Å². The molecule has 0 saturated carbocycles. The Morgan fingerprint density at radius 2 is 2.12 bits per heavy atom. The van der Waals surface area contributed by atoms with Gasteiger partial charge in [0.25, 0.3) is 0 Å². The summed E-state index contributed by atoms with van der Waals surface area (Å²) in [5, 5.41) is 4.03. The number of nitrogens with one attached hydrogen (secondary N) is 1. The highest BCUT2D eigenvalue weighted by Crippen LogP contribution is 2.31. The molecule has 0 aliphatic carbocycles. The highest BCUT2D eigenvalue weighted by Gasteiger charge is 2.31. The van der Waals surface area contributed by atoms with E-state index in [2.05, 4.69) is 26.2 Å². The zero-order valence-electron chi connectivity index (χ0n) is 13.2. The van der Waals surface area contributed by atoms with Crippen LogP contribution in [0.4, 0.5) is 0 Å². The Balaban J connectivity index is 0.00000208. The number of esters is 1. The Bertz CT molecular complexity index is 743. The zero-order chi connectivity index (χ0) is 16.4. The van der Waals surface area contributed by atoms with Crippen LogP contribution in [0.25, 0.3) is 10.9 Å². The van der Waals surface area contributed by atoms with Crippen LogP contribution in [0.3, 0.4) is 0 Å². The van der Waals surface area contributed by atoms with Crippen LogP contribution in [0, 0.1) is 0 Å². The number of methoxy groups -OCH3 is 2. The number of hydrogen-bond donors (Lipinski definition) is 1. The third kappa shape index (κ3) is 3.91. The van der Waals surface area contributed by atoms with Gasteiger partial charge in [0.1, 0.15) is 22.5 Å². The second-order valence-corrected chi connectivity index (χ2v) is 6.05. The fourth-order valence-corrected chi connectivity index (χ4v) is 3.01. The molecule has 0 bridgehead atoms. The van der Waals surface area contributed by atoms with Gasteiger partial charge in [-0.3, -0.25) is 4.79 Å². The van der Waals surface area contributed by atoms with E-state index in [0.717, 1.165) is 16.7 Å². The molecule has 1 saturated heterocycles. The largest absolute Gasteiger partial charge is 0.497 e. The molecule has 3 rings (SSSR count). The lowest BCUT2D eigenvalue weighted by molar-refractivity contribution is -0.142. The van der Waals surface area contributed by atoms with Crippen LogP contribution in [-0.2, 0) is 9.53 Å². The van der Waals surface area contributed by atoms with Crippen LogP contribution in [0.15, 0.2) is 28.9 Å². The van der Waals surface area contributed by atoms with Gasteiger partial charge in [0.15, 0.2) is 5.75 Å². The Morgan fingerprint density at radius 3 is 2.83 bits per heavy atom. The first-order valence-corrected chi connectivity index (χ1v) is 8.02.